The van der Waals surface area contributed by atoms with Crippen LogP contribution in [-0.2, 0) is 20.7 Å². The molecule has 5 heteroatoms. The summed E-state index contributed by atoms with van der Waals surface area (Å²) >= 11 is 0. The van der Waals surface area contributed by atoms with Crippen molar-refractivity contribution < 1.29 is 14.3 Å². The van der Waals surface area contributed by atoms with E-state index in [1.54, 1.807) is 26.1 Å². The average molecular weight is 409 g/mol. The zero-order chi connectivity index (χ0) is 21.6. The monoisotopic (exact) mass is 408 g/mol. The van der Waals surface area contributed by atoms with E-state index < -0.39 is 5.41 Å². The van der Waals surface area contributed by atoms with Gasteiger partial charge in [-0.3, -0.25) is 9.59 Å². The number of amides is 2. The molecule has 1 atom stereocenters. The maximum Gasteiger partial charge on any atom is 0.230 e. The largest absolute Gasteiger partial charge is 0.384 e. The van der Waals surface area contributed by atoms with Crippen LogP contribution in [0, 0.1) is 5.41 Å². The number of ether oxygens (including phenoxy) is 1. The first kappa shape index (κ1) is 22.0. The van der Waals surface area contributed by atoms with Crippen LogP contribution in [0.15, 0.2) is 54.6 Å². The van der Waals surface area contributed by atoms with E-state index >= 15 is 0 Å². The summed E-state index contributed by atoms with van der Waals surface area (Å²) in [7, 11) is 5.21. The minimum atomic E-state index is -0.616. The third kappa shape index (κ3) is 4.90. The minimum absolute atomic E-state index is 0.0591. The molecule has 1 aliphatic rings. The molecular weight excluding hydrogens is 376 g/mol. The Kier molecular flexibility index (Phi) is 7.27. The van der Waals surface area contributed by atoms with E-state index in [-0.39, 0.29) is 11.8 Å². The summed E-state index contributed by atoms with van der Waals surface area (Å²) in [6.07, 6.45) is 2.57. The minimum Gasteiger partial charge on any atom is -0.384 e. The Morgan fingerprint density at radius 3 is 2.47 bits per heavy atom. The smallest absolute Gasteiger partial charge is 0.230 e. The number of hydrogen-bond donors (Lipinski definition) is 0. The summed E-state index contributed by atoms with van der Waals surface area (Å²) < 4.78 is 5.08. The van der Waals surface area contributed by atoms with Crippen LogP contribution in [0.2, 0.25) is 0 Å². The van der Waals surface area contributed by atoms with Crippen LogP contribution >= 0.6 is 0 Å². The molecule has 0 radical (unpaired) electrons. The van der Waals surface area contributed by atoms with Crippen LogP contribution in [-0.4, -0.2) is 62.5 Å². The van der Waals surface area contributed by atoms with Gasteiger partial charge in [-0.1, -0.05) is 54.6 Å². The zero-order valence-electron chi connectivity index (χ0n) is 18.3. The van der Waals surface area contributed by atoms with Gasteiger partial charge in [-0.2, -0.15) is 0 Å². The lowest BCUT2D eigenvalue weighted by Gasteiger charge is -2.43. The third-order valence-corrected chi connectivity index (χ3v) is 5.94. The Morgan fingerprint density at radius 2 is 1.77 bits per heavy atom. The molecule has 0 N–H and O–H groups in total. The van der Waals surface area contributed by atoms with E-state index in [0.717, 1.165) is 29.5 Å². The van der Waals surface area contributed by atoms with Gasteiger partial charge in [-0.05, 0) is 36.0 Å². The van der Waals surface area contributed by atoms with Crippen molar-refractivity contribution in [1.82, 2.24) is 9.80 Å². The van der Waals surface area contributed by atoms with Crippen molar-refractivity contribution in [1.29, 1.82) is 0 Å². The fourth-order valence-electron chi connectivity index (χ4n) is 4.50. The van der Waals surface area contributed by atoms with Crippen LogP contribution in [0.25, 0.3) is 11.1 Å². The molecular formula is C25H32N2O3. The number of likely N-dealkylation sites (tertiary alicyclic amines) is 1. The van der Waals surface area contributed by atoms with Gasteiger partial charge in [-0.25, -0.2) is 0 Å². The van der Waals surface area contributed by atoms with Crippen LogP contribution in [0.5, 0.6) is 0 Å². The van der Waals surface area contributed by atoms with Gasteiger partial charge in [0.25, 0.3) is 0 Å². The van der Waals surface area contributed by atoms with Crippen LogP contribution < -0.4 is 0 Å². The topological polar surface area (TPSA) is 49.9 Å². The SMILES string of the molecule is COCCC(=O)N1CCCC(Cc2ccccc2-c2ccccc2)(C(=O)N(C)C)C1. The lowest BCUT2D eigenvalue weighted by atomic mass is 9.72. The normalized spacial score (nSPS) is 18.8. The fraction of sp³-hybridized carbons (Fsp3) is 0.440. The van der Waals surface area contributed by atoms with Gasteiger partial charge < -0.3 is 14.5 Å². The predicted octanol–water partition coefficient (Wildman–Crippen LogP) is 3.63. The maximum absolute atomic E-state index is 13.4. The lowest BCUT2D eigenvalue weighted by Crippen LogP contribution is -2.54. The molecule has 1 aliphatic heterocycles. The summed E-state index contributed by atoms with van der Waals surface area (Å²) in [4.78, 5) is 29.6. The van der Waals surface area contributed by atoms with Crippen molar-refractivity contribution in [3.8, 4) is 11.1 Å². The first-order valence-corrected chi connectivity index (χ1v) is 10.6. The molecule has 1 heterocycles. The summed E-state index contributed by atoms with van der Waals surface area (Å²) in [6.45, 7) is 1.56. The van der Waals surface area contributed by atoms with E-state index in [2.05, 4.69) is 24.3 Å². The van der Waals surface area contributed by atoms with Gasteiger partial charge in [0, 0.05) is 34.3 Å². The first-order valence-electron chi connectivity index (χ1n) is 10.6. The molecule has 0 aliphatic carbocycles. The molecule has 30 heavy (non-hydrogen) atoms. The Balaban J connectivity index is 1.94. The summed E-state index contributed by atoms with van der Waals surface area (Å²) in [6, 6.07) is 18.6. The fourth-order valence-corrected chi connectivity index (χ4v) is 4.50. The number of nitrogens with zero attached hydrogens (tertiary/aromatic N) is 2. The third-order valence-electron chi connectivity index (χ3n) is 5.94. The zero-order valence-corrected chi connectivity index (χ0v) is 18.3. The lowest BCUT2D eigenvalue weighted by molar-refractivity contribution is -0.147. The standard InChI is InChI=1S/C25H32N2O3/c1-26(2)24(29)25(15-9-16-27(19-25)23(28)14-17-30-3)18-21-12-7-8-13-22(21)20-10-5-4-6-11-20/h4-8,10-13H,9,14-19H2,1-3H3. The number of hydrogen-bond acceptors (Lipinski definition) is 3. The Bertz CT molecular complexity index is 866. The van der Waals surface area contributed by atoms with E-state index in [0.29, 0.717) is 32.5 Å². The van der Waals surface area contributed by atoms with E-state index in [1.807, 2.05) is 35.2 Å². The molecule has 2 amide bonds. The Hall–Kier alpha value is -2.66. The molecule has 160 valence electrons. The second-order valence-electron chi connectivity index (χ2n) is 8.34. The van der Waals surface area contributed by atoms with Crippen LogP contribution in [0.3, 0.4) is 0 Å². The average Bonchev–Trinajstić information content (AvgIpc) is 2.78. The molecule has 1 fully saturated rings. The second-order valence-corrected chi connectivity index (χ2v) is 8.34. The number of benzene rings is 2. The van der Waals surface area contributed by atoms with Gasteiger partial charge >= 0.3 is 0 Å². The summed E-state index contributed by atoms with van der Waals surface area (Å²) in [5.74, 6) is 0.151. The highest BCUT2D eigenvalue weighted by Gasteiger charge is 2.44. The molecule has 0 saturated carbocycles. The van der Waals surface area contributed by atoms with Gasteiger partial charge in [0.2, 0.25) is 11.8 Å². The van der Waals surface area contributed by atoms with Gasteiger partial charge in [0.1, 0.15) is 0 Å². The number of carbonyl (C=O) groups is 2. The second kappa shape index (κ2) is 9.90. The molecule has 0 aromatic heterocycles. The van der Waals surface area contributed by atoms with E-state index in [4.69, 9.17) is 4.74 Å². The molecule has 1 unspecified atom stereocenters. The van der Waals surface area contributed by atoms with E-state index in [1.165, 1.54) is 0 Å². The molecule has 5 nitrogen and oxygen atoms in total. The van der Waals surface area contributed by atoms with Crippen molar-refractivity contribution in [3.05, 3.63) is 60.2 Å². The predicted molar refractivity (Wildman–Crippen MR) is 119 cm³/mol. The van der Waals surface area contributed by atoms with Gasteiger partial charge in [0.15, 0.2) is 0 Å². The van der Waals surface area contributed by atoms with Crippen molar-refractivity contribution >= 4 is 11.8 Å². The highest BCUT2D eigenvalue weighted by molar-refractivity contribution is 5.85. The molecule has 2 aromatic carbocycles. The summed E-state index contributed by atoms with van der Waals surface area (Å²) in [5, 5.41) is 0. The molecule has 3 rings (SSSR count). The van der Waals surface area contributed by atoms with Crippen molar-refractivity contribution in [2.24, 2.45) is 5.41 Å². The molecule has 0 spiro atoms. The number of methoxy groups -OCH3 is 1. The van der Waals surface area contributed by atoms with Gasteiger partial charge in [0.05, 0.1) is 18.4 Å². The van der Waals surface area contributed by atoms with Crippen LogP contribution in [0.4, 0.5) is 0 Å². The maximum atomic E-state index is 13.4. The molecule has 2 aromatic rings. The molecule has 0 bridgehead atoms. The van der Waals surface area contributed by atoms with E-state index in [9.17, 15) is 9.59 Å². The van der Waals surface area contributed by atoms with Crippen molar-refractivity contribution in [2.45, 2.75) is 25.7 Å². The number of rotatable bonds is 7. The van der Waals surface area contributed by atoms with Gasteiger partial charge in [-0.15, -0.1) is 0 Å². The highest BCUT2D eigenvalue weighted by Crippen LogP contribution is 2.38. The highest BCUT2D eigenvalue weighted by atomic mass is 16.5. The first-order chi connectivity index (χ1) is 14.5. The van der Waals surface area contributed by atoms with Crippen LogP contribution in [0.1, 0.15) is 24.8 Å². The quantitative estimate of drug-likeness (QED) is 0.703. The number of piperidine rings is 1. The van der Waals surface area contributed by atoms with Crippen molar-refractivity contribution in [3.63, 3.8) is 0 Å². The Morgan fingerprint density at radius 1 is 1.07 bits per heavy atom. The number of carbonyl (C=O) groups excluding carboxylic acids is 2. The Labute approximate surface area is 179 Å². The van der Waals surface area contributed by atoms with Crippen molar-refractivity contribution in [2.75, 3.05) is 40.9 Å². The molecule has 1 saturated heterocycles. The summed E-state index contributed by atoms with van der Waals surface area (Å²) in [5.41, 5.74) is 2.82.